The van der Waals surface area contributed by atoms with E-state index in [1.807, 2.05) is 38.1 Å². The van der Waals surface area contributed by atoms with Gasteiger partial charge in [-0.1, -0.05) is 28.1 Å². The van der Waals surface area contributed by atoms with Crippen LogP contribution >= 0.6 is 27.3 Å². The molecule has 0 aliphatic heterocycles. The third-order valence-corrected chi connectivity index (χ3v) is 4.44. The van der Waals surface area contributed by atoms with Crippen LogP contribution in [0.4, 0.5) is 0 Å². The summed E-state index contributed by atoms with van der Waals surface area (Å²) in [5, 5.41) is 5.44. The maximum atomic E-state index is 12.1. The largest absolute Gasteiger partial charge is 0.344 e. The van der Waals surface area contributed by atoms with Crippen molar-refractivity contribution in [1.29, 1.82) is 0 Å². The summed E-state index contributed by atoms with van der Waals surface area (Å²) < 4.78 is 1.01. The Morgan fingerprint density at radius 1 is 1.35 bits per heavy atom. The summed E-state index contributed by atoms with van der Waals surface area (Å²) in [5.74, 6) is -0.177. The molecule has 6 heteroatoms. The Morgan fingerprint density at radius 2 is 2.00 bits per heavy atom. The number of thiazole rings is 1. The van der Waals surface area contributed by atoms with E-state index in [0.29, 0.717) is 5.69 Å². The van der Waals surface area contributed by atoms with Gasteiger partial charge in [0.05, 0.1) is 12.1 Å². The average Bonchev–Trinajstić information content (AvgIpc) is 2.89. The first-order valence-electron chi connectivity index (χ1n) is 6.24. The highest BCUT2D eigenvalue weighted by molar-refractivity contribution is 9.10. The van der Waals surface area contributed by atoms with Crippen molar-refractivity contribution in [3.63, 3.8) is 0 Å². The first-order valence-corrected chi connectivity index (χ1v) is 7.92. The van der Waals surface area contributed by atoms with Crippen LogP contribution in [0.3, 0.4) is 0 Å². The Bertz CT molecular complexity index is 595. The minimum absolute atomic E-state index is 0.0731. The number of nitrogens with two attached hydrogens (primary N) is 1. The zero-order valence-corrected chi connectivity index (χ0v) is 13.7. The molecule has 2 atom stereocenters. The van der Waals surface area contributed by atoms with Crippen LogP contribution in [0.5, 0.6) is 0 Å². The molecule has 2 aromatic rings. The zero-order valence-electron chi connectivity index (χ0n) is 11.3. The summed E-state index contributed by atoms with van der Waals surface area (Å²) in [6.45, 7) is 3.80. The minimum atomic E-state index is -0.177. The average molecular weight is 354 g/mol. The first kappa shape index (κ1) is 15.2. The van der Waals surface area contributed by atoms with Gasteiger partial charge in [0.1, 0.15) is 10.7 Å². The van der Waals surface area contributed by atoms with Crippen molar-refractivity contribution in [2.45, 2.75) is 25.9 Å². The molecule has 0 bridgehead atoms. The number of rotatable bonds is 4. The molecule has 20 heavy (non-hydrogen) atoms. The maximum Gasteiger partial charge on any atom is 0.271 e. The lowest BCUT2D eigenvalue weighted by Crippen LogP contribution is -2.27. The summed E-state index contributed by atoms with van der Waals surface area (Å²) in [5.41, 5.74) is 7.21. The van der Waals surface area contributed by atoms with Crippen LogP contribution in [0.2, 0.25) is 0 Å². The molecule has 1 amide bonds. The smallest absolute Gasteiger partial charge is 0.271 e. The lowest BCUT2D eigenvalue weighted by Gasteiger charge is -2.13. The Labute approximate surface area is 130 Å². The van der Waals surface area contributed by atoms with Crippen molar-refractivity contribution in [1.82, 2.24) is 10.3 Å². The van der Waals surface area contributed by atoms with Crippen LogP contribution in [0.15, 0.2) is 34.1 Å². The van der Waals surface area contributed by atoms with Gasteiger partial charge in [-0.3, -0.25) is 4.79 Å². The third-order valence-electron chi connectivity index (χ3n) is 2.86. The number of benzene rings is 1. The van der Waals surface area contributed by atoms with E-state index in [1.54, 1.807) is 5.38 Å². The van der Waals surface area contributed by atoms with Crippen LogP contribution in [0, 0.1) is 0 Å². The van der Waals surface area contributed by atoms with E-state index >= 15 is 0 Å². The molecular formula is C14H16BrN3OS. The van der Waals surface area contributed by atoms with Gasteiger partial charge in [-0.2, -0.15) is 0 Å². The van der Waals surface area contributed by atoms with Crippen molar-refractivity contribution in [3.05, 3.63) is 50.4 Å². The molecule has 0 saturated heterocycles. The van der Waals surface area contributed by atoms with E-state index in [-0.39, 0.29) is 18.0 Å². The summed E-state index contributed by atoms with van der Waals surface area (Å²) in [4.78, 5) is 16.4. The standard InChI is InChI=1S/C14H16BrN3OS/c1-8(16)14-18-12(7-20-14)13(19)17-9(2)10-3-5-11(15)6-4-10/h3-9H,16H2,1-2H3,(H,17,19)/t8?,9-/m1/s1. The Kier molecular flexibility index (Phi) is 4.91. The van der Waals surface area contributed by atoms with Crippen molar-refractivity contribution in [3.8, 4) is 0 Å². The molecule has 0 spiro atoms. The molecule has 0 aliphatic carbocycles. The number of halogens is 1. The molecule has 0 radical (unpaired) electrons. The van der Waals surface area contributed by atoms with Gasteiger partial charge in [0.25, 0.3) is 5.91 Å². The second-order valence-electron chi connectivity index (χ2n) is 4.61. The number of hydrogen-bond acceptors (Lipinski definition) is 4. The van der Waals surface area contributed by atoms with Gasteiger partial charge in [0.2, 0.25) is 0 Å². The summed E-state index contributed by atoms with van der Waals surface area (Å²) >= 11 is 4.80. The molecule has 1 aromatic heterocycles. The zero-order chi connectivity index (χ0) is 14.7. The maximum absolute atomic E-state index is 12.1. The normalized spacial score (nSPS) is 13.8. The number of nitrogens with zero attached hydrogens (tertiary/aromatic N) is 1. The van der Waals surface area contributed by atoms with Crippen LogP contribution in [-0.4, -0.2) is 10.9 Å². The number of nitrogens with one attached hydrogen (secondary N) is 1. The fraction of sp³-hybridized carbons (Fsp3) is 0.286. The quantitative estimate of drug-likeness (QED) is 0.884. The van der Waals surface area contributed by atoms with E-state index < -0.39 is 0 Å². The predicted octanol–water partition coefficient (Wildman–Crippen LogP) is 3.42. The molecule has 2 rings (SSSR count). The molecule has 1 unspecified atom stereocenters. The number of aromatic nitrogens is 1. The molecule has 1 aromatic carbocycles. The summed E-state index contributed by atoms with van der Waals surface area (Å²) in [6.07, 6.45) is 0. The van der Waals surface area contributed by atoms with Crippen molar-refractivity contribution < 1.29 is 4.79 Å². The van der Waals surface area contributed by atoms with E-state index in [0.717, 1.165) is 15.0 Å². The van der Waals surface area contributed by atoms with Gasteiger partial charge in [0.15, 0.2) is 0 Å². The summed E-state index contributed by atoms with van der Waals surface area (Å²) in [7, 11) is 0. The Hall–Kier alpha value is -1.24. The molecule has 0 fully saturated rings. The van der Waals surface area contributed by atoms with Crippen molar-refractivity contribution in [2.24, 2.45) is 5.73 Å². The van der Waals surface area contributed by atoms with Crippen LogP contribution in [0.1, 0.15) is 47.0 Å². The highest BCUT2D eigenvalue weighted by Gasteiger charge is 2.15. The second-order valence-corrected chi connectivity index (χ2v) is 6.41. The topological polar surface area (TPSA) is 68.0 Å². The molecule has 0 saturated carbocycles. The van der Waals surface area contributed by atoms with E-state index in [9.17, 15) is 4.79 Å². The van der Waals surface area contributed by atoms with Crippen LogP contribution < -0.4 is 11.1 Å². The van der Waals surface area contributed by atoms with Gasteiger partial charge in [-0.25, -0.2) is 4.98 Å². The van der Waals surface area contributed by atoms with E-state index in [2.05, 4.69) is 26.2 Å². The van der Waals surface area contributed by atoms with Gasteiger partial charge in [0, 0.05) is 9.85 Å². The fourth-order valence-electron chi connectivity index (χ4n) is 1.71. The number of hydrogen-bond donors (Lipinski definition) is 2. The number of amides is 1. The molecule has 3 N–H and O–H groups in total. The highest BCUT2D eigenvalue weighted by Crippen LogP contribution is 2.19. The number of carbonyl (C=O) groups excluding carboxylic acids is 1. The highest BCUT2D eigenvalue weighted by atomic mass is 79.9. The first-order chi connectivity index (χ1) is 9.47. The lowest BCUT2D eigenvalue weighted by molar-refractivity contribution is 0.0935. The molecule has 1 heterocycles. The molecule has 106 valence electrons. The molecule has 0 aliphatic rings. The predicted molar refractivity (Wildman–Crippen MR) is 84.7 cm³/mol. The van der Waals surface area contributed by atoms with Gasteiger partial charge >= 0.3 is 0 Å². The monoisotopic (exact) mass is 353 g/mol. The lowest BCUT2D eigenvalue weighted by atomic mass is 10.1. The molecular weight excluding hydrogens is 338 g/mol. The van der Waals surface area contributed by atoms with E-state index in [1.165, 1.54) is 11.3 Å². The SMILES string of the molecule is CC(N)c1nc(C(=O)N[C@H](C)c2ccc(Br)cc2)cs1. The summed E-state index contributed by atoms with van der Waals surface area (Å²) in [6, 6.07) is 7.64. The third kappa shape index (κ3) is 3.65. The van der Waals surface area contributed by atoms with Gasteiger partial charge < -0.3 is 11.1 Å². The fourth-order valence-corrected chi connectivity index (χ4v) is 2.73. The van der Waals surface area contributed by atoms with Gasteiger partial charge in [-0.15, -0.1) is 11.3 Å². The van der Waals surface area contributed by atoms with Crippen LogP contribution in [-0.2, 0) is 0 Å². The molecule has 4 nitrogen and oxygen atoms in total. The number of carbonyl (C=O) groups is 1. The Balaban J connectivity index is 2.04. The van der Waals surface area contributed by atoms with Crippen LogP contribution in [0.25, 0.3) is 0 Å². The second kappa shape index (κ2) is 6.47. The van der Waals surface area contributed by atoms with Crippen molar-refractivity contribution in [2.75, 3.05) is 0 Å². The minimum Gasteiger partial charge on any atom is -0.344 e. The van der Waals surface area contributed by atoms with Gasteiger partial charge in [-0.05, 0) is 31.5 Å². The Morgan fingerprint density at radius 3 is 2.55 bits per heavy atom. The van der Waals surface area contributed by atoms with E-state index in [4.69, 9.17) is 5.73 Å². The van der Waals surface area contributed by atoms with Crippen molar-refractivity contribution >= 4 is 33.2 Å².